The average Bonchev–Trinajstić information content (AvgIpc) is 4.04. The van der Waals surface area contributed by atoms with Crippen LogP contribution in [0.5, 0.6) is 0 Å². The highest BCUT2D eigenvalue weighted by Gasteiger charge is 2.27. The molecule has 3 amide bonds. The van der Waals surface area contributed by atoms with Crippen LogP contribution >= 0.6 is 22.7 Å². The van der Waals surface area contributed by atoms with Crippen molar-refractivity contribution < 1.29 is 19.1 Å². The van der Waals surface area contributed by atoms with E-state index in [4.69, 9.17) is 4.74 Å². The van der Waals surface area contributed by atoms with Gasteiger partial charge < -0.3 is 35.4 Å². The maximum atomic E-state index is 13.2. The van der Waals surface area contributed by atoms with Crippen molar-refractivity contribution in [2.24, 2.45) is 14.1 Å². The summed E-state index contributed by atoms with van der Waals surface area (Å²) in [5.41, 5.74) is 5.51. The molecule has 2 fully saturated rings. The summed E-state index contributed by atoms with van der Waals surface area (Å²) in [6.45, 7) is 11.6. The van der Waals surface area contributed by atoms with Crippen LogP contribution < -0.4 is 37.1 Å². The predicted molar refractivity (Wildman–Crippen MR) is 277 cm³/mol. The normalized spacial score (nSPS) is 14.4. The minimum Gasteiger partial charge on any atom is -0.444 e. The number of pyridine rings is 2. The number of carbonyl (C=O) groups is 3. The van der Waals surface area contributed by atoms with Gasteiger partial charge in [0.25, 0.3) is 11.8 Å². The molecule has 0 spiro atoms. The van der Waals surface area contributed by atoms with Crippen LogP contribution in [-0.2, 0) is 18.8 Å². The number of imidazole rings is 2. The van der Waals surface area contributed by atoms with E-state index in [9.17, 15) is 24.0 Å². The predicted octanol–water partition coefficient (Wildman–Crippen LogP) is 6.11. The topological polar surface area (TPSA) is 212 Å². The van der Waals surface area contributed by atoms with Crippen molar-refractivity contribution >= 4 is 85.4 Å². The van der Waals surface area contributed by atoms with Gasteiger partial charge in [-0.1, -0.05) is 24.3 Å². The number of nitrogens with zero attached hydrogens (tertiary/aromatic N) is 11. The lowest BCUT2D eigenvalue weighted by molar-refractivity contribution is 0.0263. The lowest BCUT2D eigenvalue weighted by Gasteiger charge is -2.27. The van der Waals surface area contributed by atoms with Crippen molar-refractivity contribution in [3.05, 3.63) is 129 Å². The van der Waals surface area contributed by atoms with Crippen molar-refractivity contribution in [3.63, 3.8) is 0 Å². The average molecular weight is 999 g/mol. The van der Waals surface area contributed by atoms with Crippen LogP contribution in [0.25, 0.3) is 32.3 Å². The second-order valence-electron chi connectivity index (χ2n) is 18.0. The molecule has 2 aliphatic rings. The Labute approximate surface area is 416 Å². The summed E-state index contributed by atoms with van der Waals surface area (Å²) in [6, 6.07) is 18.7. The van der Waals surface area contributed by atoms with E-state index in [0.717, 1.165) is 72.5 Å². The SMILES string of the molecule is Cn1c(=O)n(-c2nc(C(=O)Nc3cnccc3N3CCCN(C(=O)OC(C)(C)C)CC3)cs2)c2ccccc21.Cn1c(=O)n(-c2nc(C(=O)Nc3cnccc3N3CCCNCC3)cs2)c2ccccc21. The van der Waals surface area contributed by atoms with Crippen LogP contribution in [0.3, 0.4) is 0 Å². The van der Waals surface area contributed by atoms with E-state index >= 15 is 0 Å². The molecule has 0 aliphatic carbocycles. The molecule has 3 N–H and O–H groups in total. The maximum absolute atomic E-state index is 13.2. The Bertz CT molecular complexity index is 3350. The Morgan fingerprint density at radius 1 is 0.620 bits per heavy atom. The first-order valence-corrected chi connectivity index (χ1v) is 25.0. The molecule has 0 atom stereocenters. The van der Waals surface area contributed by atoms with E-state index in [0.29, 0.717) is 47.8 Å². The Morgan fingerprint density at radius 2 is 1.11 bits per heavy atom. The zero-order valence-electron chi connectivity index (χ0n) is 40.0. The fourth-order valence-corrected chi connectivity index (χ4v) is 10.2. The first kappa shape index (κ1) is 48.3. The monoisotopic (exact) mass is 998 g/mol. The zero-order chi connectivity index (χ0) is 49.8. The fourth-order valence-electron chi connectivity index (χ4n) is 8.54. The number of nitrogens with one attached hydrogen (secondary N) is 3. The highest BCUT2D eigenvalue weighted by molar-refractivity contribution is 7.12. The molecule has 2 saturated heterocycles. The number of anilines is 4. The third-order valence-corrected chi connectivity index (χ3v) is 13.7. The number of ether oxygens (including phenoxy) is 1. The van der Waals surface area contributed by atoms with Crippen molar-refractivity contribution in [2.45, 2.75) is 39.2 Å². The number of para-hydroxylation sites is 4. The third kappa shape index (κ3) is 10.4. The zero-order valence-corrected chi connectivity index (χ0v) is 41.6. The number of amides is 3. The van der Waals surface area contributed by atoms with Gasteiger partial charge in [0.1, 0.15) is 17.0 Å². The number of aryl methyl sites for hydroxylation is 2. The van der Waals surface area contributed by atoms with E-state index in [2.05, 4.69) is 45.7 Å². The lowest BCUT2D eigenvalue weighted by atomic mass is 10.2. The molecule has 2 aliphatic heterocycles. The summed E-state index contributed by atoms with van der Waals surface area (Å²) in [6.07, 6.45) is 8.14. The van der Waals surface area contributed by atoms with Gasteiger partial charge in [-0.05, 0) is 76.6 Å². The number of carbonyl (C=O) groups excluding carboxylic acids is 3. The fraction of sp³-hybridized carbons (Fsp3) is 0.327. The van der Waals surface area contributed by atoms with Gasteiger partial charge in [-0.2, -0.15) is 0 Å². The largest absolute Gasteiger partial charge is 0.444 e. The number of thiazole rings is 2. The van der Waals surface area contributed by atoms with Crippen LogP contribution in [0.1, 0.15) is 54.6 Å². The maximum Gasteiger partial charge on any atom is 0.410 e. The number of fused-ring (bicyclic) bond motifs is 2. The van der Waals surface area contributed by atoms with E-state index < -0.39 is 11.5 Å². The van der Waals surface area contributed by atoms with Crippen LogP contribution in [0, 0.1) is 0 Å². The second-order valence-corrected chi connectivity index (χ2v) is 19.6. The summed E-state index contributed by atoms with van der Waals surface area (Å²) >= 11 is 2.49. The van der Waals surface area contributed by atoms with Crippen LogP contribution in [0.15, 0.2) is 106 Å². The van der Waals surface area contributed by atoms with E-state index in [1.807, 2.05) is 81.4 Å². The molecule has 71 heavy (non-hydrogen) atoms. The summed E-state index contributed by atoms with van der Waals surface area (Å²) in [4.78, 5) is 87.9. The molecule has 368 valence electrons. The smallest absolute Gasteiger partial charge is 0.410 e. The summed E-state index contributed by atoms with van der Waals surface area (Å²) in [5.74, 6) is -0.728. The van der Waals surface area contributed by atoms with Crippen molar-refractivity contribution in [2.75, 3.05) is 72.8 Å². The Hall–Kier alpha value is -7.69. The number of hydrogen-bond donors (Lipinski definition) is 3. The second kappa shape index (κ2) is 20.7. The van der Waals surface area contributed by atoms with Gasteiger partial charge in [-0.3, -0.25) is 28.7 Å². The van der Waals surface area contributed by atoms with E-state index in [1.54, 1.807) is 63.7 Å². The van der Waals surface area contributed by atoms with Gasteiger partial charge in [-0.15, -0.1) is 22.7 Å². The highest BCUT2D eigenvalue weighted by Crippen LogP contribution is 2.29. The molecule has 6 aromatic heterocycles. The number of aromatic nitrogens is 8. The van der Waals surface area contributed by atoms with Gasteiger partial charge >= 0.3 is 17.5 Å². The summed E-state index contributed by atoms with van der Waals surface area (Å²) < 4.78 is 11.7. The van der Waals surface area contributed by atoms with Gasteiger partial charge in [0.2, 0.25) is 0 Å². The molecule has 8 heterocycles. The molecular formula is C49H54N14O6S2. The molecule has 22 heteroatoms. The molecule has 20 nitrogen and oxygen atoms in total. The Balaban J connectivity index is 0.000000179. The van der Waals surface area contributed by atoms with Gasteiger partial charge in [0, 0.05) is 83.1 Å². The van der Waals surface area contributed by atoms with Crippen molar-refractivity contribution in [3.8, 4) is 10.3 Å². The van der Waals surface area contributed by atoms with Crippen LogP contribution in [0.4, 0.5) is 27.5 Å². The molecular weight excluding hydrogens is 945 g/mol. The minimum atomic E-state index is -0.553. The van der Waals surface area contributed by atoms with E-state index in [1.165, 1.54) is 31.8 Å². The van der Waals surface area contributed by atoms with Crippen LogP contribution in [0.2, 0.25) is 0 Å². The molecule has 0 unspecified atom stereocenters. The quantitative estimate of drug-likeness (QED) is 0.157. The first-order chi connectivity index (χ1) is 34.3. The number of benzene rings is 2. The Kier molecular flexibility index (Phi) is 14.1. The summed E-state index contributed by atoms with van der Waals surface area (Å²) in [7, 11) is 3.44. The summed E-state index contributed by atoms with van der Waals surface area (Å²) in [5, 5.41) is 13.5. The highest BCUT2D eigenvalue weighted by atomic mass is 32.1. The van der Waals surface area contributed by atoms with E-state index in [-0.39, 0.29) is 34.8 Å². The molecule has 8 aromatic rings. The Morgan fingerprint density at radius 3 is 1.63 bits per heavy atom. The molecule has 0 radical (unpaired) electrons. The molecule has 0 saturated carbocycles. The lowest BCUT2D eigenvalue weighted by Crippen LogP contribution is -2.39. The molecule has 2 aromatic carbocycles. The van der Waals surface area contributed by atoms with Gasteiger partial charge in [-0.25, -0.2) is 33.5 Å². The molecule has 10 rings (SSSR count). The van der Waals surface area contributed by atoms with Crippen molar-refractivity contribution in [1.82, 2.24) is 48.4 Å². The van der Waals surface area contributed by atoms with Crippen molar-refractivity contribution in [1.29, 1.82) is 0 Å². The first-order valence-electron chi connectivity index (χ1n) is 23.2. The standard InChI is InChI=1S/C27H31N7O4S.C22H23N7O2S/c1-27(2,3)38-26(37)33-13-7-12-32(14-15-33)20-10-11-28-16-18(20)29-23(35)19-17-39-24(30-19)34-22-9-6-5-8-21(22)31(4)25(34)36;1-27-18-5-2-3-6-19(18)29(22(27)31)21-26-16(14-32-21)20(30)25-15-13-24-9-7-17(15)28-11-4-8-23-10-12-28/h5-6,8-11,16-17H,7,12-15H2,1-4H3,(H,29,35);2-3,5-7,9,13-14,23H,4,8,10-12H2,1H3,(H,25,30). The molecule has 0 bridgehead atoms. The van der Waals surface area contributed by atoms with Crippen LogP contribution in [-0.4, -0.2) is 119 Å². The van der Waals surface area contributed by atoms with Gasteiger partial charge in [0.15, 0.2) is 10.3 Å². The number of hydrogen-bond acceptors (Lipinski definition) is 15. The third-order valence-electron chi connectivity index (χ3n) is 12.0. The number of rotatable bonds is 8. The van der Waals surface area contributed by atoms with Gasteiger partial charge in [0.05, 0.1) is 57.2 Å². The minimum absolute atomic E-state index is 0.197.